The van der Waals surface area contributed by atoms with Gasteiger partial charge in [0.15, 0.2) is 0 Å². The molecule has 264 valence electrons. The third kappa shape index (κ3) is 15.4. The molecule has 46 heavy (non-hydrogen) atoms. The predicted octanol–water partition coefficient (Wildman–Crippen LogP) is 13.2. The van der Waals surface area contributed by atoms with Gasteiger partial charge in [0.05, 0.1) is 0 Å². The Balaban J connectivity index is 2.19. The summed E-state index contributed by atoms with van der Waals surface area (Å²) >= 11 is -3.48. The fraction of sp³-hybridized carbons (Fsp3) is 0.684. The third-order valence-corrected chi connectivity index (χ3v) is 16.4. The molecule has 0 fully saturated rings. The summed E-state index contributed by atoms with van der Waals surface area (Å²) in [7, 11) is -5.75. The number of halogens is 4. The second-order valence-electron chi connectivity index (χ2n) is 12.7. The van der Waals surface area contributed by atoms with Crippen molar-refractivity contribution >= 4 is 30.4 Å². The smallest absolute Gasteiger partial charge is 0.0654 e. The van der Waals surface area contributed by atoms with Crippen molar-refractivity contribution in [3.8, 4) is 0 Å². The first kappa shape index (κ1) is 41.0. The Morgan fingerprint density at radius 2 is 1.02 bits per heavy atom. The van der Waals surface area contributed by atoms with Gasteiger partial charge in [0.2, 0.25) is 0 Å². The second-order valence-corrected chi connectivity index (χ2v) is 19.0. The van der Waals surface area contributed by atoms with Gasteiger partial charge in [-0.05, 0) is 0 Å². The van der Waals surface area contributed by atoms with Gasteiger partial charge in [-0.2, -0.15) is 0 Å². The first-order chi connectivity index (χ1) is 22.1. The topological polar surface area (TPSA) is 43.4 Å². The van der Waals surface area contributed by atoms with E-state index in [1.165, 1.54) is 96.3 Å². The molecule has 3 nitrogen and oxygen atoms in total. The van der Waals surface area contributed by atoms with Crippen molar-refractivity contribution in [2.24, 2.45) is 0 Å². The molecule has 0 atom stereocenters. The van der Waals surface area contributed by atoms with Crippen molar-refractivity contribution in [1.82, 2.24) is 0 Å². The monoisotopic (exact) mass is 780 g/mol. The minimum Gasteiger partial charge on any atom is -0.0654 e. The molecule has 0 radical (unpaired) electrons. The minimum absolute atomic E-state index is 0.597. The molecule has 0 heterocycles. The number of benzene rings is 2. The zero-order valence-corrected chi connectivity index (χ0v) is 31.7. The molecule has 0 saturated heterocycles. The minimum atomic E-state index is -5.75. The van der Waals surface area contributed by atoms with Crippen LogP contribution in [0.3, 0.4) is 0 Å². The van der Waals surface area contributed by atoms with Crippen molar-refractivity contribution < 1.29 is 24.1 Å². The van der Waals surface area contributed by atoms with E-state index in [2.05, 4.69) is 19.9 Å². The predicted molar refractivity (Wildman–Crippen MR) is 196 cm³/mol. The van der Waals surface area contributed by atoms with Crippen molar-refractivity contribution in [2.45, 2.75) is 168 Å². The van der Waals surface area contributed by atoms with E-state index in [9.17, 15) is 21.6 Å². The number of unbranched alkanes of at least 4 members (excludes halogenated alkanes) is 18. The van der Waals surface area contributed by atoms with E-state index in [1.807, 2.05) is 31.2 Å². The number of rotatable bonds is 26. The second kappa shape index (κ2) is 23.3. The number of hydrogen-bond donors (Lipinski definition) is 0. The summed E-state index contributed by atoms with van der Waals surface area (Å²) in [5, 5.41) is 0. The van der Waals surface area contributed by atoms with Crippen LogP contribution < -0.4 is 0 Å². The van der Waals surface area contributed by atoms with Crippen molar-refractivity contribution in [3.05, 3.63) is 66.3 Å². The average Bonchev–Trinajstić information content (AvgIpc) is 3.02. The fourth-order valence-corrected chi connectivity index (χ4v) is 13.3. The zero-order chi connectivity index (χ0) is 33.7. The van der Waals surface area contributed by atoms with Crippen LogP contribution in [0.25, 0.3) is 0 Å². The molecule has 0 saturated carbocycles. The van der Waals surface area contributed by atoms with Crippen LogP contribution in [0.4, 0.5) is 13.2 Å². The maximum atomic E-state index is 13.6. The van der Waals surface area contributed by atoms with Crippen LogP contribution in [0.5, 0.6) is 0 Å². The van der Waals surface area contributed by atoms with E-state index in [0.29, 0.717) is 7.14 Å². The average molecular weight is 781 g/mol. The number of alkyl halides is 3. The van der Waals surface area contributed by atoms with Gasteiger partial charge < -0.3 is 0 Å². The van der Waals surface area contributed by atoms with Crippen LogP contribution in [0.1, 0.15) is 159 Å². The number of aryl methyl sites for hydroxylation is 2. The number of hydrogen-bond acceptors (Lipinski definition) is 3. The molecular formula is C38H60F3IO3S. The van der Waals surface area contributed by atoms with E-state index >= 15 is 0 Å². The van der Waals surface area contributed by atoms with Crippen molar-refractivity contribution in [1.29, 1.82) is 0 Å². The summed E-state index contributed by atoms with van der Waals surface area (Å²) < 4.78 is 72.3. The van der Waals surface area contributed by atoms with Gasteiger partial charge in [0.1, 0.15) is 0 Å². The van der Waals surface area contributed by atoms with Crippen LogP contribution in [-0.2, 0) is 25.5 Å². The van der Waals surface area contributed by atoms with Crippen molar-refractivity contribution in [3.63, 3.8) is 0 Å². The summed E-state index contributed by atoms with van der Waals surface area (Å²) in [4.78, 5) is 0. The van der Waals surface area contributed by atoms with E-state index in [4.69, 9.17) is 2.51 Å². The summed E-state index contributed by atoms with van der Waals surface area (Å²) in [6.07, 6.45) is 26.0. The summed E-state index contributed by atoms with van der Waals surface area (Å²) in [6.45, 7) is 6.29. The van der Waals surface area contributed by atoms with Crippen LogP contribution >= 0.6 is 20.2 Å². The van der Waals surface area contributed by atoms with Gasteiger partial charge in [-0.25, -0.2) is 0 Å². The Bertz CT molecular complexity index is 1200. The Labute approximate surface area is 286 Å². The summed E-state index contributed by atoms with van der Waals surface area (Å²) in [5.41, 5.74) is -2.55. The van der Waals surface area contributed by atoms with Gasteiger partial charge in [0, 0.05) is 0 Å². The van der Waals surface area contributed by atoms with Gasteiger partial charge in [-0.15, -0.1) is 0 Å². The van der Waals surface area contributed by atoms with Crippen molar-refractivity contribution in [2.75, 3.05) is 0 Å². The fourth-order valence-electron chi connectivity index (χ4n) is 5.91. The Hall–Kier alpha value is -1.13. The Morgan fingerprint density at radius 3 is 1.50 bits per heavy atom. The Morgan fingerprint density at radius 1 is 0.587 bits per heavy atom. The summed E-state index contributed by atoms with van der Waals surface area (Å²) in [6, 6.07) is 12.9. The van der Waals surface area contributed by atoms with E-state index in [0.717, 1.165) is 61.6 Å². The molecule has 0 N–H and O–H groups in total. The molecule has 0 aliphatic heterocycles. The third-order valence-electron chi connectivity index (χ3n) is 8.67. The molecule has 0 unspecified atom stereocenters. The molecule has 8 heteroatoms. The van der Waals surface area contributed by atoms with Crippen LogP contribution in [0.15, 0.2) is 42.5 Å². The molecule has 0 aromatic heterocycles. The summed E-state index contributed by atoms with van der Waals surface area (Å²) in [5.74, 6) is 0. The first-order valence-electron chi connectivity index (χ1n) is 18.0. The van der Waals surface area contributed by atoms with E-state index < -0.39 is 35.9 Å². The van der Waals surface area contributed by atoms with Crippen LogP contribution in [0.2, 0.25) is 0 Å². The van der Waals surface area contributed by atoms with Gasteiger partial charge >= 0.3 is 255 Å². The van der Waals surface area contributed by atoms with Gasteiger partial charge in [-0.1, -0.05) is 33.1 Å². The molecule has 2 rings (SSSR count). The van der Waals surface area contributed by atoms with Crippen LogP contribution in [-0.4, -0.2) is 13.9 Å². The van der Waals surface area contributed by atoms with Gasteiger partial charge in [0.25, 0.3) is 0 Å². The molecule has 0 aliphatic carbocycles. The van der Waals surface area contributed by atoms with E-state index in [-0.39, 0.29) is 0 Å². The maximum absolute atomic E-state index is 13.6. The zero-order valence-electron chi connectivity index (χ0n) is 28.7. The van der Waals surface area contributed by atoms with E-state index in [1.54, 1.807) is 12.1 Å². The van der Waals surface area contributed by atoms with Gasteiger partial charge in [-0.3, -0.25) is 0 Å². The molecule has 2 aromatic rings. The quantitative estimate of drug-likeness (QED) is 0.0542. The molecule has 2 aromatic carbocycles. The molecule has 0 spiro atoms. The molecule has 0 aliphatic rings. The molecular weight excluding hydrogens is 720 g/mol. The normalized spacial score (nSPS) is 12.5. The molecule has 0 bridgehead atoms. The standard InChI is InChI=1S/C38H60F3IO3S/c1-4-6-8-10-12-14-16-18-20-22-28-34-29-26-32-37(35(34)30-23-21-19-17-15-13-11-9-7-5-2)42(36-31-25-24-27-33(36)3)45-46(43,44)38(39,40)41/h24-27,29,31-32H,4-23,28,30H2,1-3H3. The van der Waals surface area contributed by atoms with Crippen LogP contribution in [0, 0.1) is 14.1 Å². The first-order valence-corrected chi connectivity index (χ1v) is 22.4. The SMILES string of the molecule is CCCCCCCCCCCCc1cccc(I(OS(=O)(=O)C(F)(F)F)c2ccccc2C)c1CCCCCCCCCCCC. The Kier molecular flexibility index (Phi) is 20.8. The molecule has 0 amide bonds.